The van der Waals surface area contributed by atoms with E-state index in [0.717, 1.165) is 41.8 Å². The largest absolute Gasteiger partial charge is 0.455 e. The molecule has 4 rings (SSSR count). The van der Waals surface area contributed by atoms with Crippen molar-refractivity contribution in [1.29, 1.82) is 0 Å². The normalized spacial score (nSPS) is 15.1. The SMILES string of the molecule is NC=CC(=NC1CNC1)c1cc(C(F)(F)F)ccc1Oc1cc(F)c(S(=O)(=O)Nc2nncs2)cc1Cl. The topological polar surface area (TPSA) is 132 Å². The van der Waals surface area contributed by atoms with Crippen molar-refractivity contribution >= 4 is 43.8 Å². The standard InChI is InChI=1S/C21H17ClF4N6O3S2/c22-14-6-19(37(33,34)32-20-31-29-10-36-20)15(23)7-18(14)35-17-2-1-11(21(24,25)26)5-13(17)16(3-4-27)30-12-8-28-9-12/h1-7,10,12,28H,8-9,27H2,(H,31,32). The highest BCUT2D eigenvalue weighted by molar-refractivity contribution is 7.93. The number of nitrogens with one attached hydrogen (secondary N) is 2. The van der Waals surface area contributed by atoms with Crippen LogP contribution in [0.4, 0.5) is 22.7 Å². The van der Waals surface area contributed by atoms with Crippen LogP contribution in [-0.2, 0) is 16.2 Å². The molecule has 16 heteroatoms. The van der Waals surface area contributed by atoms with E-state index in [4.69, 9.17) is 22.1 Å². The predicted molar refractivity (Wildman–Crippen MR) is 130 cm³/mol. The Labute approximate surface area is 217 Å². The first-order chi connectivity index (χ1) is 17.5. The third-order valence-electron chi connectivity index (χ3n) is 5.00. The molecule has 2 aromatic carbocycles. The first-order valence-corrected chi connectivity index (χ1v) is 13.1. The van der Waals surface area contributed by atoms with Crippen LogP contribution in [0, 0.1) is 5.82 Å². The van der Waals surface area contributed by atoms with Crippen molar-refractivity contribution in [2.45, 2.75) is 17.1 Å². The Balaban J connectivity index is 1.74. The fourth-order valence-electron chi connectivity index (χ4n) is 3.15. The monoisotopic (exact) mass is 576 g/mol. The Bertz CT molecular complexity index is 1460. The number of aliphatic imine (C=N–C) groups is 1. The molecule has 1 aromatic heterocycles. The Hall–Kier alpha value is -3.27. The smallest absolute Gasteiger partial charge is 0.416 e. The van der Waals surface area contributed by atoms with E-state index < -0.39 is 32.5 Å². The Morgan fingerprint density at radius 2 is 2.03 bits per heavy atom. The van der Waals surface area contributed by atoms with Crippen molar-refractivity contribution in [2.75, 3.05) is 17.8 Å². The zero-order chi connectivity index (χ0) is 26.8. The van der Waals surface area contributed by atoms with E-state index in [0.29, 0.717) is 19.2 Å². The van der Waals surface area contributed by atoms with Gasteiger partial charge in [0.1, 0.15) is 27.7 Å². The molecule has 9 nitrogen and oxygen atoms in total. The fraction of sp³-hybridized carbons (Fsp3) is 0.190. The Kier molecular flexibility index (Phi) is 7.68. The number of aromatic nitrogens is 2. The number of benzene rings is 2. The van der Waals surface area contributed by atoms with Crippen LogP contribution in [0.2, 0.25) is 5.02 Å². The van der Waals surface area contributed by atoms with Gasteiger partial charge < -0.3 is 15.8 Å². The average molecular weight is 577 g/mol. The van der Waals surface area contributed by atoms with Gasteiger partial charge in [-0.05, 0) is 36.5 Å². The van der Waals surface area contributed by atoms with Gasteiger partial charge in [0.2, 0.25) is 5.13 Å². The molecule has 1 aliphatic heterocycles. The number of allylic oxidation sites excluding steroid dienone is 1. The molecular formula is C21H17ClF4N6O3S2. The van der Waals surface area contributed by atoms with Gasteiger partial charge in [0.15, 0.2) is 0 Å². The summed E-state index contributed by atoms with van der Waals surface area (Å²) in [4.78, 5) is 3.63. The van der Waals surface area contributed by atoms with Crippen LogP contribution in [0.3, 0.4) is 0 Å². The number of nitrogens with two attached hydrogens (primary N) is 1. The Morgan fingerprint density at radius 1 is 1.27 bits per heavy atom. The van der Waals surface area contributed by atoms with Crippen molar-refractivity contribution in [3.63, 3.8) is 0 Å². The molecule has 0 unspecified atom stereocenters. The van der Waals surface area contributed by atoms with Gasteiger partial charge in [0.05, 0.1) is 22.3 Å². The summed E-state index contributed by atoms with van der Waals surface area (Å²) < 4.78 is 88.1. The molecule has 1 saturated heterocycles. The maximum atomic E-state index is 14.9. The van der Waals surface area contributed by atoms with Crippen LogP contribution in [0.5, 0.6) is 11.5 Å². The Morgan fingerprint density at radius 3 is 2.62 bits per heavy atom. The summed E-state index contributed by atoms with van der Waals surface area (Å²) in [6.07, 6.45) is -2.23. The number of anilines is 1. The molecule has 0 radical (unpaired) electrons. The zero-order valence-corrected chi connectivity index (χ0v) is 20.8. The van der Waals surface area contributed by atoms with Gasteiger partial charge in [-0.2, -0.15) is 13.2 Å². The van der Waals surface area contributed by atoms with Crippen molar-refractivity contribution in [1.82, 2.24) is 15.5 Å². The van der Waals surface area contributed by atoms with Gasteiger partial charge in [-0.25, -0.2) is 12.8 Å². The van der Waals surface area contributed by atoms with Crippen molar-refractivity contribution in [3.8, 4) is 11.5 Å². The first kappa shape index (κ1) is 26.8. The molecule has 2 heterocycles. The second kappa shape index (κ2) is 10.6. The molecule has 0 amide bonds. The van der Waals surface area contributed by atoms with Gasteiger partial charge in [-0.3, -0.25) is 9.71 Å². The van der Waals surface area contributed by atoms with Gasteiger partial charge in [-0.1, -0.05) is 22.9 Å². The zero-order valence-electron chi connectivity index (χ0n) is 18.5. The van der Waals surface area contributed by atoms with Gasteiger partial charge in [0.25, 0.3) is 10.0 Å². The summed E-state index contributed by atoms with van der Waals surface area (Å²) in [5, 5.41) is 9.62. The van der Waals surface area contributed by atoms with Gasteiger partial charge in [-0.15, -0.1) is 10.2 Å². The molecule has 0 bridgehead atoms. The number of halogens is 5. The number of nitrogens with zero attached hydrogens (tertiary/aromatic N) is 3. The summed E-state index contributed by atoms with van der Waals surface area (Å²) in [6, 6.07) is 3.97. The molecule has 0 atom stereocenters. The molecule has 37 heavy (non-hydrogen) atoms. The lowest BCUT2D eigenvalue weighted by Crippen LogP contribution is -2.46. The maximum absolute atomic E-state index is 14.9. The number of hydrogen-bond donors (Lipinski definition) is 3. The minimum Gasteiger partial charge on any atom is -0.455 e. The van der Waals surface area contributed by atoms with E-state index >= 15 is 0 Å². The van der Waals surface area contributed by atoms with Crippen molar-refractivity contribution in [2.24, 2.45) is 10.7 Å². The van der Waals surface area contributed by atoms with Crippen LogP contribution >= 0.6 is 22.9 Å². The highest BCUT2D eigenvalue weighted by Crippen LogP contribution is 2.38. The number of alkyl halides is 3. The minimum absolute atomic E-state index is 0.0745. The van der Waals surface area contributed by atoms with Crippen molar-refractivity contribution in [3.05, 3.63) is 70.1 Å². The lowest BCUT2D eigenvalue weighted by Gasteiger charge is -2.24. The van der Waals surface area contributed by atoms with E-state index in [1.54, 1.807) is 0 Å². The third kappa shape index (κ3) is 6.18. The maximum Gasteiger partial charge on any atom is 0.416 e. The number of sulfonamides is 1. The molecule has 0 spiro atoms. The van der Waals surface area contributed by atoms with E-state index in [-0.39, 0.29) is 39.0 Å². The molecular weight excluding hydrogens is 560 g/mol. The van der Waals surface area contributed by atoms with E-state index in [9.17, 15) is 26.0 Å². The van der Waals surface area contributed by atoms with E-state index in [2.05, 4.69) is 25.2 Å². The van der Waals surface area contributed by atoms with E-state index in [1.807, 2.05) is 0 Å². The first-order valence-electron chi connectivity index (χ1n) is 10.3. The molecule has 0 saturated carbocycles. The van der Waals surface area contributed by atoms with Crippen LogP contribution in [0.1, 0.15) is 11.1 Å². The second-order valence-corrected chi connectivity index (χ2v) is 10.4. The molecule has 196 valence electrons. The second-order valence-electron chi connectivity index (χ2n) is 7.56. The van der Waals surface area contributed by atoms with Gasteiger partial charge >= 0.3 is 6.18 Å². The highest BCUT2D eigenvalue weighted by Gasteiger charge is 2.32. The minimum atomic E-state index is -4.66. The summed E-state index contributed by atoms with van der Waals surface area (Å²) >= 11 is 7.07. The molecule has 4 N–H and O–H groups in total. The number of hydrogen-bond acceptors (Lipinski definition) is 9. The van der Waals surface area contributed by atoms with Gasteiger partial charge in [0, 0.05) is 24.7 Å². The summed E-state index contributed by atoms with van der Waals surface area (Å²) in [6.45, 7) is 1.05. The fourth-order valence-corrected chi connectivity index (χ4v) is 5.20. The average Bonchev–Trinajstić information content (AvgIpc) is 3.29. The lowest BCUT2D eigenvalue weighted by molar-refractivity contribution is -0.137. The van der Waals surface area contributed by atoms with Crippen LogP contribution in [0.25, 0.3) is 0 Å². The quantitative estimate of drug-likeness (QED) is 0.271. The number of ether oxygens (including phenoxy) is 1. The van der Waals surface area contributed by atoms with Crippen LogP contribution < -0.4 is 20.5 Å². The molecule has 1 fully saturated rings. The molecule has 3 aromatic rings. The summed E-state index contributed by atoms with van der Waals surface area (Å²) in [5.74, 6) is -1.70. The van der Waals surface area contributed by atoms with Crippen LogP contribution in [0.15, 0.2) is 58.0 Å². The third-order valence-corrected chi connectivity index (χ3v) is 7.38. The highest BCUT2D eigenvalue weighted by atomic mass is 35.5. The predicted octanol–water partition coefficient (Wildman–Crippen LogP) is 4.18. The van der Waals surface area contributed by atoms with Crippen molar-refractivity contribution < 1.29 is 30.7 Å². The summed E-state index contributed by atoms with van der Waals surface area (Å²) in [5.41, 5.74) is 5.83. The number of rotatable bonds is 8. The lowest BCUT2D eigenvalue weighted by atomic mass is 10.0. The van der Waals surface area contributed by atoms with E-state index in [1.165, 1.54) is 11.6 Å². The molecule has 0 aliphatic carbocycles. The summed E-state index contributed by atoms with van der Waals surface area (Å²) in [7, 11) is -4.42. The molecule has 1 aliphatic rings. The van der Waals surface area contributed by atoms with Crippen LogP contribution in [-0.4, -0.2) is 43.5 Å².